The molecule has 1 rings (SSSR count). The number of anilines is 1. The Morgan fingerprint density at radius 1 is 1.69 bits per heavy atom. The molecule has 0 saturated carbocycles. The number of nitrogens with one attached hydrogen (secondary N) is 1. The summed E-state index contributed by atoms with van der Waals surface area (Å²) in [7, 11) is -2.17. The summed E-state index contributed by atoms with van der Waals surface area (Å²) in [5.74, 6) is -0.775. The Kier molecular flexibility index (Phi) is 2.43. The Hall–Kier alpha value is -1.69. The number of hydrogen-bond donors (Lipinski definition) is 1. The highest BCUT2D eigenvalue weighted by molar-refractivity contribution is 7.92. The molecule has 0 bridgehead atoms. The van der Waals surface area contributed by atoms with Crippen LogP contribution in [0.2, 0.25) is 0 Å². The lowest BCUT2D eigenvalue weighted by atomic mass is 10.9. The summed E-state index contributed by atoms with van der Waals surface area (Å²) >= 11 is 0. The monoisotopic (exact) mass is 202 g/mol. The van der Waals surface area contributed by atoms with Crippen LogP contribution >= 0.6 is 0 Å². The zero-order chi connectivity index (χ0) is 9.90. The summed E-state index contributed by atoms with van der Waals surface area (Å²) in [5, 5.41) is 18.5. The highest BCUT2D eigenvalue weighted by atomic mass is 32.2. The minimum Gasteiger partial charge on any atom is -0.248 e. The molecule has 13 heavy (non-hydrogen) atoms. The van der Waals surface area contributed by atoms with E-state index in [4.69, 9.17) is 5.26 Å². The molecule has 0 unspecified atom stereocenters. The Morgan fingerprint density at radius 2 is 2.38 bits per heavy atom. The van der Waals surface area contributed by atoms with Gasteiger partial charge in [-0.2, -0.15) is 10.1 Å². The smallest absolute Gasteiger partial charge is 0.248 e. The van der Waals surface area contributed by atoms with Crippen LogP contribution in [0.25, 0.3) is 0 Å². The van der Waals surface area contributed by atoms with Gasteiger partial charge in [0.25, 0.3) is 5.95 Å². The standard InChI is InChI=1S/C4H6N6O2S/c1-10-7-4(6-9-10)8-13(11,12)3-2-5/h3H2,1H3,(H,7,8). The average Bonchev–Trinajstić information content (AvgIpc) is 2.34. The molecule has 1 aromatic rings. The largest absolute Gasteiger partial charge is 0.276 e. The average molecular weight is 202 g/mol. The number of nitriles is 1. The van der Waals surface area contributed by atoms with Gasteiger partial charge in [-0.15, -0.1) is 5.10 Å². The second-order valence-electron chi connectivity index (χ2n) is 2.12. The highest BCUT2D eigenvalue weighted by Crippen LogP contribution is 1.97. The maximum atomic E-state index is 11.0. The van der Waals surface area contributed by atoms with E-state index in [0.717, 1.165) is 4.80 Å². The number of aromatic nitrogens is 4. The van der Waals surface area contributed by atoms with E-state index in [9.17, 15) is 8.42 Å². The van der Waals surface area contributed by atoms with E-state index in [1.54, 1.807) is 0 Å². The lowest BCUT2D eigenvalue weighted by Gasteiger charge is -1.96. The number of rotatable bonds is 3. The van der Waals surface area contributed by atoms with Crippen LogP contribution in [0.4, 0.5) is 5.95 Å². The summed E-state index contributed by atoms with van der Waals surface area (Å²) in [6, 6.07) is 1.50. The van der Waals surface area contributed by atoms with Crippen molar-refractivity contribution in [3.63, 3.8) is 0 Å². The molecule has 0 radical (unpaired) electrons. The third-order valence-corrected chi connectivity index (χ3v) is 2.01. The van der Waals surface area contributed by atoms with Crippen molar-refractivity contribution < 1.29 is 8.42 Å². The molecule has 0 aliphatic rings. The first-order valence-electron chi connectivity index (χ1n) is 3.15. The topological polar surface area (TPSA) is 114 Å². The van der Waals surface area contributed by atoms with Crippen molar-refractivity contribution in [2.75, 3.05) is 10.5 Å². The lowest BCUT2D eigenvalue weighted by molar-refractivity contribution is 0.603. The highest BCUT2D eigenvalue weighted by Gasteiger charge is 2.12. The van der Waals surface area contributed by atoms with Crippen molar-refractivity contribution in [1.29, 1.82) is 5.26 Å². The molecule has 0 aromatic carbocycles. The molecule has 0 aliphatic carbocycles. The Bertz CT molecular complexity index is 428. The van der Waals surface area contributed by atoms with Crippen molar-refractivity contribution in [3.05, 3.63) is 0 Å². The molecule has 0 fully saturated rings. The minimum atomic E-state index is -3.66. The van der Waals surface area contributed by atoms with Crippen LogP contribution in [0.15, 0.2) is 0 Å². The molecule has 1 aromatic heterocycles. The van der Waals surface area contributed by atoms with Gasteiger partial charge in [0.15, 0.2) is 5.75 Å². The maximum absolute atomic E-state index is 11.0. The first-order valence-corrected chi connectivity index (χ1v) is 4.80. The van der Waals surface area contributed by atoms with Gasteiger partial charge in [0.2, 0.25) is 10.0 Å². The van der Waals surface area contributed by atoms with E-state index in [1.807, 2.05) is 4.72 Å². The lowest BCUT2D eigenvalue weighted by Crippen LogP contribution is -2.16. The van der Waals surface area contributed by atoms with Crippen molar-refractivity contribution in [2.24, 2.45) is 7.05 Å². The summed E-state index contributed by atoms with van der Waals surface area (Å²) in [4.78, 5) is 1.10. The fraction of sp³-hybridized carbons (Fsp3) is 0.500. The van der Waals surface area contributed by atoms with Gasteiger partial charge >= 0.3 is 0 Å². The quantitative estimate of drug-likeness (QED) is 0.636. The van der Waals surface area contributed by atoms with Crippen molar-refractivity contribution in [2.45, 2.75) is 0 Å². The van der Waals surface area contributed by atoms with Gasteiger partial charge in [-0.3, -0.25) is 0 Å². The van der Waals surface area contributed by atoms with Crippen LogP contribution in [0, 0.1) is 11.3 Å². The molecular weight excluding hydrogens is 196 g/mol. The second-order valence-corrected chi connectivity index (χ2v) is 3.84. The summed E-state index contributed by atoms with van der Waals surface area (Å²) in [5.41, 5.74) is 0. The zero-order valence-electron chi connectivity index (χ0n) is 6.67. The molecule has 0 aliphatic heterocycles. The maximum Gasteiger partial charge on any atom is 0.276 e. The normalized spacial score (nSPS) is 10.8. The number of sulfonamides is 1. The van der Waals surface area contributed by atoms with Crippen LogP contribution in [-0.2, 0) is 17.1 Å². The predicted octanol–water partition coefficient (Wildman–Crippen LogP) is -1.52. The van der Waals surface area contributed by atoms with Gasteiger partial charge in [0, 0.05) is 0 Å². The van der Waals surface area contributed by atoms with Gasteiger partial charge < -0.3 is 0 Å². The van der Waals surface area contributed by atoms with Gasteiger partial charge in [-0.25, -0.2) is 13.1 Å². The molecule has 0 amide bonds. The zero-order valence-corrected chi connectivity index (χ0v) is 7.48. The SMILES string of the molecule is Cn1nnc(NS(=O)(=O)CC#N)n1. The van der Waals surface area contributed by atoms with Crippen molar-refractivity contribution in [3.8, 4) is 6.07 Å². The van der Waals surface area contributed by atoms with Crippen molar-refractivity contribution >= 4 is 16.0 Å². The summed E-state index contributed by atoms with van der Waals surface area (Å²) in [6.07, 6.45) is 0. The second kappa shape index (κ2) is 3.36. The Labute approximate surface area is 74.2 Å². The van der Waals surface area contributed by atoms with Gasteiger partial charge in [0.1, 0.15) is 0 Å². The van der Waals surface area contributed by atoms with Crippen LogP contribution in [0.5, 0.6) is 0 Å². The fourth-order valence-electron chi connectivity index (χ4n) is 0.585. The van der Waals surface area contributed by atoms with Crippen LogP contribution in [-0.4, -0.2) is 34.4 Å². The van der Waals surface area contributed by atoms with E-state index >= 15 is 0 Å². The molecular formula is C4H6N6O2S. The number of hydrogen-bond acceptors (Lipinski definition) is 6. The first kappa shape index (κ1) is 9.40. The number of nitrogens with zero attached hydrogens (tertiary/aromatic N) is 5. The van der Waals surface area contributed by atoms with Gasteiger partial charge in [-0.05, 0) is 5.21 Å². The third-order valence-electron chi connectivity index (χ3n) is 1.01. The number of tetrazole rings is 1. The summed E-state index contributed by atoms with van der Waals surface area (Å²) in [6.45, 7) is 0. The molecule has 1 N–H and O–H groups in total. The molecule has 9 heteroatoms. The Balaban J connectivity index is 2.76. The first-order chi connectivity index (χ1) is 6.03. The fourth-order valence-corrected chi connectivity index (χ4v) is 1.19. The van der Waals surface area contributed by atoms with Crippen LogP contribution in [0.3, 0.4) is 0 Å². The van der Waals surface area contributed by atoms with Gasteiger partial charge in [-0.1, -0.05) is 5.10 Å². The van der Waals surface area contributed by atoms with Crippen molar-refractivity contribution in [1.82, 2.24) is 20.2 Å². The minimum absolute atomic E-state index is 0.141. The number of aryl methyl sites for hydroxylation is 1. The third kappa shape index (κ3) is 2.68. The van der Waals surface area contributed by atoms with Crippen LogP contribution in [0.1, 0.15) is 0 Å². The summed E-state index contributed by atoms with van der Waals surface area (Å²) < 4.78 is 23.9. The predicted molar refractivity (Wildman–Crippen MR) is 41.8 cm³/mol. The molecule has 0 atom stereocenters. The molecule has 1 heterocycles. The van der Waals surface area contributed by atoms with Gasteiger partial charge in [0.05, 0.1) is 13.1 Å². The van der Waals surface area contributed by atoms with E-state index in [-0.39, 0.29) is 5.95 Å². The van der Waals surface area contributed by atoms with E-state index in [2.05, 4.69) is 15.4 Å². The van der Waals surface area contributed by atoms with E-state index < -0.39 is 15.8 Å². The van der Waals surface area contributed by atoms with E-state index in [1.165, 1.54) is 13.1 Å². The molecule has 0 saturated heterocycles. The molecule has 8 nitrogen and oxygen atoms in total. The van der Waals surface area contributed by atoms with E-state index in [0.29, 0.717) is 0 Å². The molecule has 70 valence electrons. The van der Waals surface area contributed by atoms with Crippen LogP contribution < -0.4 is 4.72 Å². The molecule has 0 spiro atoms. The Morgan fingerprint density at radius 3 is 2.85 bits per heavy atom.